The number of guanidine groups is 1. The average molecular weight is 403 g/mol. The molecule has 2 rings (SSSR count). The first-order chi connectivity index (χ1) is 9.69. The second kappa shape index (κ2) is 9.25. The van der Waals surface area contributed by atoms with Gasteiger partial charge in [0.05, 0.1) is 13.2 Å². The lowest BCUT2D eigenvalue weighted by molar-refractivity contribution is 0.185. The predicted molar refractivity (Wildman–Crippen MR) is 97.9 cm³/mol. The van der Waals surface area contributed by atoms with Gasteiger partial charge < -0.3 is 15.4 Å². The van der Waals surface area contributed by atoms with Crippen molar-refractivity contribution in [3.05, 3.63) is 35.4 Å². The molecule has 0 aromatic heterocycles. The highest BCUT2D eigenvalue weighted by molar-refractivity contribution is 14.0. The highest BCUT2D eigenvalue weighted by atomic mass is 127. The van der Waals surface area contributed by atoms with Gasteiger partial charge in [0.25, 0.3) is 0 Å². The number of halogens is 1. The molecular weight excluding hydrogens is 377 g/mol. The van der Waals surface area contributed by atoms with E-state index in [4.69, 9.17) is 10.5 Å². The van der Waals surface area contributed by atoms with Gasteiger partial charge in [0.1, 0.15) is 0 Å². The summed E-state index contributed by atoms with van der Waals surface area (Å²) in [4.78, 5) is 6.70. The van der Waals surface area contributed by atoms with E-state index in [2.05, 4.69) is 41.1 Å². The van der Waals surface area contributed by atoms with Gasteiger partial charge in [0.15, 0.2) is 5.96 Å². The van der Waals surface area contributed by atoms with Crippen LogP contribution in [0.15, 0.2) is 29.3 Å². The molecule has 1 saturated heterocycles. The zero-order chi connectivity index (χ0) is 14.4. The third-order valence-corrected chi connectivity index (χ3v) is 3.87. The van der Waals surface area contributed by atoms with Crippen LogP contribution in [0.3, 0.4) is 0 Å². The van der Waals surface area contributed by atoms with E-state index in [1.54, 1.807) is 7.11 Å². The van der Waals surface area contributed by atoms with Gasteiger partial charge in [0, 0.05) is 20.2 Å². The molecule has 0 atom stereocenters. The first-order valence-corrected chi connectivity index (χ1v) is 7.30. The number of ether oxygens (including phenoxy) is 1. The Hall–Kier alpha value is -0.820. The summed E-state index contributed by atoms with van der Waals surface area (Å²) in [6.45, 7) is 5.65. The number of hydrogen-bond donors (Lipinski definition) is 1. The molecule has 0 saturated carbocycles. The van der Waals surface area contributed by atoms with E-state index in [0.717, 1.165) is 19.0 Å². The maximum Gasteiger partial charge on any atom is 0.191 e. The van der Waals surface area contributed by atoms with Crippen LogP contribution in [-0.2, 0) is 17.9 Å². The van der Waals surface area contributed by atoms with Crippen molar-refractivity contribution < 1.29 is 4.74 Å². The molecule has 0 spiro atoms. The fourth-order valence-corrected chi connectivity index (χ4v) is 2.42. The Labute approximate surface area is 144 Å². The van der Waals surface area contributed by atoms with E-state index < -0.39 is 0 Å². The lowest BCUT2D eigenvalue weighted by Gasteiger charge is -2.31. The molecular formula is C16H26IN3O. The summed E-state index contributed by atoms with van der Waals surface area (Å²) < 4.78 is 5.10. The Bertz CT molecular complexity index is 439. The Morgan fingerprint density at radius 2 is 1.81 bits per heavy atom. The van der Waals surface area contributed by atoms with Crippen molar-refractivity contribution in [2.45, 2.75) is 32.9 Å². The molecule has 0 unspecified atom stereocenters. The molecule has 0 radical (unpaired) electrons. The molecule has 1 aromatic rings. The molecule has 4 nitrogen and oxygen atoms in total. The molecule has 1 fully saturated rings. The summed E-state index contributed by atoms with van der Waals surface area (Å²) in [6.07, 6.45) is 2.42. The molecule has 1 aliphatic heterocycles. The molecule has 1 aromatic carbocycles. The van der Waals surface area contributed by atoms with Crippen molar-refractivity contribution in [3.8, 4) is 0 Å². The maximum absolute atomic E-state index is 6.08. The van der Waals surface area contributed by atoms with Gasteiger partial charge in [-0.3, -0.25) is 0 Å². The number of benzene rings is 1. The summed E-state index contributed by atoms with van der Waals surface area (Å²) in [5.74, 6) is 1.49. The molecule has 0 bridgehead atoms. The number of hydrogen-bond acceptors (Lipinski definition) is 2. The largest absolute Gasteiger partial charge is 0.380 e. The molecule has 118 valence electrons. The van der Waals surface area contributed by atoms with Crippen molar-refractivity contribution in [1.82, 2.24) is 4.90 Å². The fraction of sp³-hybridized carbons (Fsp3) is 0.562. The number of rotatable bonds is 4. The Morgan fingerprint density at radius 1 is 1.24 bits per heavy atom. The van der Waals surface area contributed by atoms with E-state index in [1.807, 2.05) is 0 Å². The second-order valence-electron chi connectivity index (χ2n) is 5.59. The van der Waals surface area contributed by atoms with Crippen LogP contribution in [0.2, 0.25) is 0 Å². The van der Waals surface area contributed by atoms with Crippen LogP contribution in [0.5, 0.6) is 0 Å². The zero-order valence-corrected chi connectivity index (χ0v) is 15.2. The number of nitrogens with two attached hydrogens (primary N) is 1. The van der Waals surface area contributed by atoms with E-state index >= 15 is 0 Å². The minimum absolute atomic E-state index is 0. The van der Waals surface area contributed by atoms with Crippen molar-refractivity contribution in [2.24, 2.45) is 16.6 Å². The smallest absolute Gasteiger partial charge is 0.191 e. The first kappa shape index (κ1) is 18.2. The van der Waals surface area contributed by atoms with Crippen LogP contribution in [0.4, 0.5) is 0 Å². The van der Waals surface area contributed by atoms with Crippen LogP contribution in [0.25, 0.3) is 0 Å². The summed E-state index contributed by atoms with van der Waals surface area (Å²) in [5.41, 5.74) is 8.43. The van der Waals surface area contributed by atoms with E-state index in [-0.39, 0.29) is 24.0 Å². The Kier molecular flexibility index (Phi) is 8.03. The van der Waals surface area contributed by atoms with E-state index in [1.165, 1.54) is 24.0 Å². The Balaban J connectivity index is 0.00000220. The van der Waals surface area contributed by atoms with Crippen LogP contribution in [0.1, 0.15) is 30.9 Å². The second-order valence-corrected chi connectivity index (χ2v) is 5.59. The first-order valence-electron chi connectivity index (χ1n) is 7.30. The maximum atomic E-state index is 6.08. The summed E-state index contributed by atoms with van der Waals surface area (Å²) in [6, 6.07) is 8.33. The molecule has 1 aliphatic rings. The standard InChI is InChI=1S/C16H25N3O.HI/c1-13-7-9-19(10-8-13)16(17)18-11-14-3-5-15(6-4-14)12-20-2;/h3-6,13H,7-12H2,1-2H3,(H2,17,18);1H. The number of methoxy groups -OCH3 is 1. The van der Waals surface area contributed by atoms with Crippen LogP contribution >= 0.6 is 24.0 Å². The number of likely N-dealkylation sites (tertiary alicyclic amines) is 1. The van der Waals surface area contributed by atoms with Crippen molar-refractivity contribution in [1.29, 1.82) is 0 Å². The quantitative estimate of drug-likeness (QED) is 0.478. The molecule has 2 N–H and O–H groups in total. The molecule has 0 aliphatic carbocycles. The minimum atomic E-state index is 0. The molecule has 5 heteroatoms. The van der Waals surface area contributed by atoms with Gasteiger partial charge in [-0.1, -0.05) is 31.2 Å². The highest BCUT2D eigenvalue weighted by Crippen LogP contribution is 2.15. The third kappa shape index (κ3) is 5.82. The fourth-order valence-electron chi connectivity index (χ4n) is 2.42. The summed E-state index contributed by atoms with van der Waals surface area (Å²) in [7, 11) is 1.71. The van der Waals surface area contributed by atoms with Gasteiger partial charge in [-0.25, -0.2) is 4.99 Å². The van der Waals surface area contributed by atoms with Crippen LogP contribution in [0, 0.1) is 5.92 Å². The Morgan fingerprint density at radius 3 is 2.38 bits per heavy atom. The van der Waals surface area contributed by atoms with Gasteiger partial charge in [-0.05, 0) is 29.9 Å². The molecule has 21 heavy (non-hydrogen) atoms. The number of aliphatic imine (C=N–C) groups is 1. The lowest BCUT2D eigenvalue weighted by Crippen LogP contribution is -2.42. The van der Waals surface area contributed by atoms with Gasteiger partial charge in [0.2, 0.25) is 0 Å². The van der Waals surface area contributed by atoms with Crippen molar-refractivity contribution >= 4 is 29.9 Å². The van der Waals surface area contributed by atoms with Crippen molar-refractivity contribution in [2.75, 3.05) is 20.2 Å². The number of nitrogens with zero attached hydrogens (tertiary/aromatic N) is 2. The topological polar surface area (TPSA) is 50.9 Å². The third-order valence-electron chi connectivity index (χ3n) is 3.87. The van der Waals surface area contributed by atoms with E-state index in [0.29, 0.717) is 19.1 Å². The van der Waals surface area contributed by atoms with E-state index in [9.17, 15) is 0 Å². The zero-order valence-electron chi connectivity index (χ0n) is 12.9. The predicted octanol–water partition coefficient (Wildman–Crippen LogP) is 3.00. The SMILES string of the molecule is COCc1ccc(CN=C(N)N2CCC(C)CC2)cc1.I. The molecule has 0 amide bonds. The summed E-state index contributed by atoms with van der Waals surface area (Å²) >= 11 is 0. The van der Waals surface area contributed by atoms with Crippen molar-refractivity contribution in [3.63, 3.8) is 0 Å². The summed E-state index contributed by atoms with van der Waals surface area (Å²) in [5, 5.41) is 0. The normalized spacial score (nSPS) is 16.7. The van der Waals surface area contributed by atoms with Gasteiger partial charge in [-0.2, -0.15) is 0 Å². The van der Waals surface area contributed by atoms with Gasteiger partial charge >= 0.3 is 0 Å². The lowest BCUT2D eigenvalue weighted by atomic mass is 10.00. The van der Waals surface area contributed by atoms with Gasteiger partial charge in [-0.15, -0.1) is 24.0 Å². The minimum Gasteiger partial charge on any atom is -0.380 e. The monoisotopic (exact) mass is 403 g/mol. The van der Waals surface area contributed by atoms with Crippen LogP contribution in [-0.4, -0.2) is 31.1 Å². The molecule has 1 heterocycles. The highest BCUT2D eigenvalue weighted by Gasteiger charge is 2.16. The number of piperidine rings is 1. The average Bonchev–Trinajstić information content (AvgIpc) is 2.47. The van der Waals surface area contributed by atoms with Crippen LogP contribution < -0.4 is 5.73 Å².